The van der Waals surface area contributed by atoms with Crippen molar-refractivity contribution in [3.63, 3.8) is 0 Å². The van der Waals surface area contributed by atoms with E-state index in [-0.39, 0.29) is 33.0 Å². The second-order valence-electron chi connectivity index (χ2n) is 33.3. The van der Waals surface area contributed by atoms with Crippen LogP contribution in [0.2, 0.25) is 0 Å². The van der Waals surface area contributed by atoms with Crippen molar-refractivity contribution in [2.75, 3.05) is 58.1 Å². The minimum atomic E-state index is -3.55. The molecule has 0 radical (unpaired) electrons. The van der Waals surface area contributed by atoms with E-state index in [1.807, 2.05) is 67.5 Å². The summed E-state index contributed by atoms with van der Waals surface area (Å²) in [7, 11) is -10.6. The molecule has 30 nitrogen and oxygen atoms in total. The number of hydrogen-bond donors (Lipinski definition) is 12. The molecule has 3 aliphatic heterocycles. The zero-order chi connectivity index (χ0) is 87.1. The highest BCUT2D eigenvalue weighted by Crippen LogP contribution is 2.43. The summed E-state index contributed by atoms with van der Waals surface area (Å²) < 4.78 is 97.4. The number of ether oxygens (including phenoxy) is 3. The fourth-order valence-corrected chi connectivity index (χ4v) is 18.8. The highest BCUT2D eigenvalue weighted by molar-refractivity contribution is 7.92. The molecular weight excluding hydrogens is 1600 g/mol. The zero-order valence-corrected chi connectivity index (χ0v) is 75.0. The highest BCUT2D eigenvalue weighted by Gasteiger charge is 2.31. The van der Waals surface area contributed by atoms with Crippen molar-refractivity contribution < 1.29 is 39.5 Å². The van der Waals surface area contributed by atoms with Crippen LogP contribution in [-0.2, 0) is 29.5 Å². The number of benzene rings is 6. The van der Waals surface area contributed by atoms with Crippen LogP contribution in [0.25, 0.3) is 33.1 Å². The van der Waals surface area contributed by atoms with Gasteiger partial charge in [0.2, 0.25) is 17.8 Å². The van der Waals surface area contributed by atoms with Crippen LogP contribution in [-0.4, -0.2) is 146 Å². The summed E-state index contributed by atoms with van der Waals surface area (Å²) in [5.41, 5.74) is 14.2. The van der Waals surface area contributed by atoms with Gasteiger partial charge >= 0.3 is 0 Å². The third-order valence-electron chi connectivity index (χ3n) is 21.7. The molecule has 0 spiro atoms. The average Bonchev–Trinajstić information content (AvgIpc) is 1.71. The summed E-state index contributed by atoms with van der Waals surface area (Å²) in [5, 5.41) is 52.0. The number of piperidine rings is 3. The second-order valence-corrected chi connectivity index (χ2v) is 40.7. The lowest BCUT2D eigenvalue weighted by atomic mass is 9.88. The van der Waals surface area contributed by atoms with E-state index in [9.17, 15) is 25.3 Å². The van der Waals surface area contributed by atoms with Crippen LogP contribution in [0, 0.1) is 34.6 Å². The lowest BCUT2D eigenvalue weighted by Crippen LogP contribution is -2.28. The molecule has 3 aliphatic rings. The molecule has 12 aromatic rings. The molecule has 9 heterocycles. The number of rotatable bonds is 27. The maximum absolute atomic E-state index is 13.2. The Morgan fingerprint density at radius 2 is 0.730 bits per heavy atom. The Balaban J connectivity index is 0.000000158. The van der Waals surface area contributed by atoms with Crippen molar-refractivity contribution in [3.05, 3.63) is 160 Å². The van der Waals surface area contributed by atoms with E-state index in [1.54, 1.807) is 109 Å². The van der Waals surface area contributed by atoms with E-state index < -0.39 is 45.3 Å². The standard InChI is InChI=1S/2C30H39N7O3S.C29H37N7O3S/c1-17(2)40-26-14-22(21-8-7-11-31-15-21)20(6)13-24(26)34-30-35-28(23-16-32-37-29(23)36-30)33-25-12-19(5)9-10-27(25)41(38,39)18(3)4;1-17(2)40-26-15-21(23-9-7-8-12-31-23)20(6)14-24(26)34-30-35-28(22-16-32-37-29(22)36-30)33-25-13-19(5)10-11-27(25)41(38,39)18(3)4;1-17(2)39-25-15-20(22-10-8-9-13-30-22)19(5)14-24(25)33-29-34-27(21-16-31-36-28(21)35-29)32-23-11-6-7-12-26(23)40(37,38)18(3)4/h9-10,12-14,16-18,21,31H,7-8,11,15H2,1-6H3,(H3,32,33,34,35,36,37);10-11,13-18,23,31H,7-9,12H2,1-6H3,(H3,32,33,34,35,36,37);6-7,11-12,14-18,22,30H,8-10,13H2,1-5H3,(H3,31,32,33,34,35,36). The van der Waals surface area contributed by atoms with Crippen LogP contribution in [0.1, 0.15) is 197 Å². The highest BCUT2D eigenvalue weighted by atomic mass is 32.2. The Kier molecular flexibility index (Phi) is 27.7. The molecule has 0 aliphatic carbocycles. The maximum atomic E-state index is 13.2. The first-order valence-electron chi connectivity index (χ1n) is 42.1. The van der Waals surface area contributed by atoms with Crippen LogP contribution in [0.3, 0.4) is 0 Å². The normalized spacial score (nSPS) is 16.0. The molecule has 3 unspecified atom stereocenters. The van der Waals surface area contributed by atoms with Gasteiger partial charge in [0, 0.05) is 18.6 Å². The van der Waals surface area contributed by atoms with Gasteiger partial charge in [-0.2, -0.15) is 45.2 Å². The topological polar surface area (TPSA) is 402 Å². The predicted molar refractivity (Wildman–Crippen MR) is 485 cm³/mol. The van der Waals surface area contributed by atoms with Gasteiger partial charge in [0.05, 0.1) is 118 Å². The number of nitrogens with zero attached hydrogens (tertiary/aromatic N) is 9. The van der Waals surface area contributed by atoms with Gasteiger partial charge in [-0.25, -0.2) is 25.3 Å². The fourth-order valence-electron chi connectivity index (χ4n) is 15.3. The monoisotopic (exact) mass is 1720 g/mol. The number of fused-ring (bicyclic) bond motifs is 3. The fraction of sp³-hybridized carbons (Fsp3) is 0.427. The van der Waals surface area contributed by atoms with E-state index in [0.717, 1.165) is 108 Å². The number of aryl methyl sites for hydroxylation is 5. The molecule has 33 heteroatoms. The third-order valence-corrected chi connectivity index (χ3v) is 28.3. The van der Waals surface area contributed by atoms with Crippen LogP contribution in [0.15, 0.2) is 130 Å². The maximum Gasteiger partial charge on any atom is 0.231 e. The van der Waals surface area contributed by atoms with E-state index in [0.29, 0.717) is 103 Å². The first-order chi connectivity index (χ1) is 58.2. The van der Waals surface area contributed by atoms with Crippen LogP contribution >= 0.6 is 0 Å². The number of H-pyrrole nitrogens is 3. The molecule has 0 bridgehead atoms. The zero-order valence-electron chi connectivity index (χ0n) is 72.6. The molecule has 0 saturated carbocycles. The lowest BCUT2D eigenvalue weighted by Gasteiger charge is -2.27. The van der Waals surface area contributed by atoms with Gasteiger partial charge in [0.25, 0.3) is 0 Å². The van der Waals surface area contributed by atoms with Crippen molar-refractivity contribution in [1.82, 2.24) is 76.4 Å². The van der Waals surface area contributed by atoms with Crippen molar-refractivity contribution >= 4 is 132 Å². The van der Waals surface area contributed by atoms with E-state index in [2.05, 4.69) is 151 Å². The van der Waals surface area contributed by atoms with Crippen molar-refractivity contribution in [2.45, 2.75) is 236 Å². The first kappa shape index (κ1) is 88.7. The summed E-state index contributed by atoms with van der Waals surface area (Å²) in [6.45, 7) is 36.3. The summed E-state index contributed by atoms with van der Waals surface area (Å²) in [5.74, 6) is 4.88. The van der Waals surface area contributed by atoms with Gasteiger partial charge in [0.1, 0.15) is 34.7 Å². The van der Waals surface area contributed by atoms with Gasteiger partial charge in [-0.15, -0.1) is 0 Å². The number of sulfone groups is 3. The van der Waals surface area contributed by atoms with Crippen molar-refractivity contribution in [2.24, 2.45) is 0 Å². The Hall–Kier alpha value is -11.1. The minimum absolute atomic E-state index is 0.0218. The summed E-state index contributed by atoms with van der Waals surface area (Å²) >= 11 is 0. The molecule has 3 atom stereocenters. The summed E-state index contributed by atoms with van der Waals surface area (Å²) in [4.78, 5) is 28.9. The lowest BCUT2D eigenvalue weighted by molar-refractivity contribution is 0.243. The smallest absolute Gasteiger partial charge is 0.231 e. The molecule has 122 heavy (non-hydrogen) atoms. The van der Waals surface area contributed by atoms with E-state index >= 15 is 0 Å². The molecule has 3 fully saturated rings. The molecular formula is C89H115N21O9S3. The Morgan fingerprint density at radius 1 is 0.369 bits per heavy atom. The molecule has 15 rings (SSSR count). The van der Waals surface area contributed by atoms with Crippen LogP contribution in [0.5, 0.6) is 17.2 Å². The van der Waals surface area contributed by atoms with Gasteiger partial charge in [-0.3, -0.25) is 15.3 Å². The SMILES string of the molecule is Cc1cc(Nc2nc(Nc3ccccc3S(=O)(=O)C(C)C)c3cn[nH]c3n2)c(OC(C)C)cc1C1CCCCN1.Cc1ccc(S(=O)(=O)C(C)C)c(Nc2nc(Nc3cc(C)c(C4CCCCN4)cc3OC(C)C)nc3[nH]ncc23)c1.Cc1ccc(S(=O)(=O)C(C)C)c(Nc2nc(Nc3cc(C)c(C4CCCNC4)cc3OC(C)C)nc3[nH]ncc23)c1. The van der Waals surface area contributed by atoms with Crippen LogP contribution in [0.4, 0.5) is 69.4 Å². The molecule has 6 aromatic carbocycles. The Labute approximate surface area is 714 Å². The molecule has 12 N–H and O–H groups in total. The van der Waals surface area contributed by atoms with Crippen molar-refractivity contribution in [3.8, 4) is 17.2 Å². The Morgan fingerprint density at radius 3 is 1.08 bits per heavy atom. The number of hydrogen-bond acceptors (Lipinski definition) is 27. The van der Waals surface area contributed by atoms with Crippen LogP contribution < -0.4 is 62.1 Å². The van der Waals surface area contributed by atoms with E-state index in [1.165, 1.54) is 47.9 Å². The molecule has 648 valence electrons. The van der Waals surface area contributed by atoms with Gasteiger partial charge in [0.15, 0.2) is 46.5 Å². The molecule has 0 amide bonds. The summed E-state index contributed by atoms with van der Waals surface area (Å²) in [6.07, 6.45) is 14.1. The Bertz CT molecular complexity index is 5840. The first-order valence-corrected chi connectivity index (χ1v) is 46.7. The average molecular weight is 1720 g/mol. The number of nitrogens with one attached hydrogen (secondary N) is 12. The van der Waals surface area contributed by atoms with Gasteiger partial charge < -0.3 is 62.1 Å². The minimum Gasteiger partial charge on any atom is -0.489 e. The number of anilines is 12. The number of para-hydroxylation sites is 1. The molecule has 3 saturated heterocycles. The second kappa shape index (κ2) is 38.1. The summed E-state index contributed by atoms with van der Waals surface area (Å²) in [6, 6.07) is 30.5. The number of aromatic nitrogens is 12. The third kappa shape index (κ3) is 20.6. The predicted octanol–water partition coefficient (Wildman–Crippen LogP) is 18.1. The van der Waals surface area contributed by atoms with E-state index in [4.69, 9.17) is 29.2 Å². The number of aromatic amines is 3. The quantitative estimate of drug-likeness (QED) is 0.0227. The largest absolute Gasteiger partial charge is 0.489 e. The van der Waals surface area contributed by atoms with Crippen molar-refractivity contribution in [1.29, 1.82) is 0 Å². The molecule has 6 aromatic heterocycles. The van der Waals surface area contributed by atoms with Gasteiger partial charge in [-0.05, 0) is 299 Å². The van der Waals surface area contributed by atoms with Gasteiger partial charge in [-0.1, -0.05) is 37.1 Å².